The molecular formula is C14H16F3N3O2. The molecule has 0 bridgehead atoms. The summed E-state index contributed by atoms with van der Waals surface area (Å²) in [6.07, 6.45) is -1.11. The van der Waals surface area contributed by atoms with E-state index in [9.17, 15) is 22.8 Å². The van der Waals surface area contributed by atoms with Crippen molar-refractivity contribution in [2.24, 2.45) is 17.6 Å². The number of halogens is 3. The SMILES string of the molecule is CCc1cnccc1C(=O)N1C[C@@H](C(F)(F)F)[C@H](C(N)=O)C1. The highest BCUT2D eigenvalue weighted by molar-refractivity contribution is 5.96. The molecule has 2 amide bonds. The van der Waals surface area contributed by atoms with Gasteiger partial charge in [0, 0.05) is 31.0 Å². The second-order valence-electron chi connectivity index (χ2n) is 5.25. The molecular weight excluding hydrogens is 299 g/mol. The molecule has 2 heterocycles. The van der Waals surface area contributed by atoms with Gasteiger partial charge in [-0.1, -0.05) is 6.92 Å². The van der Waals surface area contributed by atoms with Crippen LogP contribution in [0.2, 0.25) is 0 Å². The standard InChI is InChI=1S/C14H16F3N3O2/c1-2-8-5-19-4-3-9(8)13(22)20-6-10(12(18)21)11(7-20)14(15,16)17/h3-5,10-11H,2,6-7H2,1H3,(H2,18,21)/t10-,11-/m1/s1. The van der Waals surface area contributed by atoms with Crippen LogP contribution in [0.4, 0.5) is 13.2 Å². The van der Waals surface area contributed by atoms with Crippen molar-refractivity contribution in [3.8, 4) is 0 Å². The van der Waals surface area contributed by atoms with E-state index in [0.717, 1.165) is 4.90 Å². The molecule has 1 aromatic rings. The molecule has 120 valence electrons. The van der Waals surface area contributed by atoms with Crippen LogP contribution >= 0.6 is 0 Å². The van der Waals surface area contributed by atoms with Gasteiger partial charge in [-0.2, -0.15) is 13.2 Å². The zero-order valence-corrected chi connectivity index (χ0v) is 11.9. The Morgan fingerprint density at radius 2 is 2.09 bits per heavy atom. The van der Waals surface area contributed by atoms with E-state index >= 15 is 0 Å². The predicted octanol–water partition coefficient (Wildman–Crippen LogP) is 1.38. The Bertz CT molecular complexity index is 589. The molecule has 1 saturated heterocycles. The number of likely N-dealkylation sites (tertiary alicyclic amines) is 1. The van der Waals surface area contributed by atoms with E-state index in [1.54, 1.807) is 0 Å². The molecule has 0 aliphatic carbocycles. The fourth-order valence-electron chi connectivity index (χ4n) is 2.68. The number of nitrogens with two attached hydrogens (primary N) is 1. The van der Waals surface area contributed by atoms with Crippen molar-refractivity contribution in [1.29, 1.82) is 0 Å². The lowest BCUT2D eigenvalue weighted by Crippen LogP contribution is -2.37. The molecule has 1 aliphatic heterocycles. The molecule has 0 saturated carbocycles. The first-order valence-electron chi connectivity index (χ1n) is 6.83. The number of pyridine rings is 1. The van der Waals surface area contributed by atoms with Crippen LogP contribution in [-0.4, -0.2) is 41.0 Å². The van der Waals surface area contributed by atoms with Crippen LogP contribution in [0.1, 0.15) is 22.8 Å². The number of alkyl halides is 3. The van der Waals surface area contributed by atoms with Crippen molar-refractivity contribution in [2.75, 3.05) is 13.1 Å². The molecule has 2 rings (SSSR count). The second kappa shape index (κ2) is 5.94. The van der Waals surface area contributed by atoms with Crippen LogP contribution < -0.4 is 5.73 Å². The molecule has 5 nitrogen and oxygen atoms in total. The fourth-order valence-corrected chi connectivity index (χ4v) is 2.68. The molecule has 1 fully saturated rings. The maximum Gasteiger partial charge on any atom is 0.394 e. The number of amides is 2. The number of primary amides is 1. The molecule has 0 spiro atoms. The third-order valence-electron chi connectivity index (χ3n) is 3.91. The van der Waals surface area contributed by atoms with Gasteiger partial charge in [0.15, 0.2) is 0 Å². The summed E-state index contributed by atoms with van der Waals surface area (Å²) in [6.45, 7) is 0.952. The van der Waals surface area contributed by atoms with Gasteiger partial charge in [0.1, 0.15) is 0 Å². The van der Waals surface area contributed by atoms with Crippen LogP contribution in [0.5, 0.6) is 0 Å². The summed E-state index contributed by atoms with van der Waals surface area (Å²) in [5.41, 5.74) is 6.02. The second-order valence-corrected chi connectivity index (χ2v) is 5.25. The molecule has 1 aliphatic rings. The van der Waals surface area contributed by atoms with Crippen molar-refractivity contribution >= 4 is 11.8 Å². The maximum absolute atomic E-state index is 13.0. The minimum atomic E-state index is -4.57. The average Bonchev–Trinajstić information content (AvgIpc) is 2.92. The van der Waals surface area contributed by atoms with E-state index in [1.807, 2.05) is 6.92 Å². The lowest BCUT2D eigenvalue weighted by atomic mass is 9.95. The van der Waals surface area contributed by atoms with Gasteiger partial charge in [0.25, 0.3) is 5.91 Å². The van der Waals surface area contributed by atoms with Crippen LogP contribution in [0.15, 0.2) is 18.5 Å². The van der Waals surface area contributed by atoms with E-state index in [2.05, 4.69) is 4.98 Å². The highest BCUT2D eigenvalue weighted by Gasteiger charge is 2.52. The zero-order valence-electron chi connectivity index (χ0n) is 11.9. The van der Waals surface area contributed by atoms with Gasteiger partial charge in [-0.15, -0.1) is 0 Å². The number of aromatic nitrogens is 1. The molecule has 0 radical (unpaired) electrons. The van der Waals surface area contributed by atoms with Crippen LogP contribution in [0, 0.1) is 11.8 Å². The maximum atomic E-state index is 13.0. The Morgan fingerprint density at radius 3 is 2.59 bits per heavy atom. The van der Waals surface area contributed by atoms with Crippen LogP contribution in [0.25, 0.3) is 0 Å². The highest BCUT2D eigenvalue weighted by Crippen LogP contribution is 2.38. The van der Waals surface area contributed by atoms with E-state index in [0.29, 0.717) is 17.5 Å². The summed E-state index contributed by atoms with van der Waals surface area (Å²) in [5.74, 6) is -4.89. The molecule has 2 N–H and O–H groups in total. The predicted molar refractivity (Wildman–Crippen MR) is 71.7 cm³/mol. The minimum Gasteiger partial charge on any atom is -0.369 e. The Labute approximate surface area is 125 Å². The summed E-state index contributed by atoms with van der Waals surface area (Å²) >= 11 is 0. The Kier molecular flexibility index (Phi) is 4.39. The third kappa shape index (κ3) is 3.05. The molecule has 0 aromatic carbocycles. The van der Waals surface area contributed by atoms with Gasteiger partial charge in [-0.25, -0.2) is 0 Å². The van der Waals surface area contributed by atoms with Crippen molar-refractivity contribution in [3.05, 3.63) is 29.6 Å². The number of carbonyl (C=O) groups is 2. The van der Waals surface area contributed by atoms with Crippen molar-refractivity contribution in [3.63, 3.8) is 0 Å². The lowest BCUT2D eigenvalue weighted by Gasteiger charge is -2.19. The normalized spacial score (nSPS) is 21.9. The largest absolute Gasteiger partial charge is 0.394 e. The highest BCUT2D eigenvalue weighted by atomic mass is 19.4. The number of hydrogen-bond acceptors (Lipinski definition) is 3. The van der Waals surface area contributed by atoms with Gasteiger partial charge >= 0.3 is 6.18 Å². The summed E-state index contributed by atoms with van der Waals surface area (Å²) in [5, 5.41) is 0. The van der Waals surface area contributed by atoms with Gasteiger partial charge < -0.3 is 10.6 Å². The number of nitrogens with zero attached hydrogens (tertiary/aromatic N) is 2. The van der Waals surface area contributed by atoms with E-state index in [4.69, 9.17) is 5.73 Å². The summed E-state index contributed by atoms with van der Waals surface area (Å²) in [4.78, 5) is 28.6. The summed E-state index contributed by atoms with van der Waals surface area (Å²) < 4.78 is 39.0. The number of carbonyl (C=O) groups excluding carboxylic acids is 2. The number of hydrogen-bond donors (Lipinski definition) is 1. The first-order chi connectivity index (χ1) is 10.3. The fraction of sp³-hybridized carbons (Fsp3) is 0.500. The number of aryl methyl sites for hydroxylation is 1. The summed E-state index contributed by atoms with van der Waals surface area (Å²) in [7, 11) is 0. The molecule has 8 heteroatoms. The molecule has 22 heavy (non-hydrogen) atoms. The first kappa shape index (κ1) is 16.3. The van der Waals surface area contributed by atoms with Crippen LogP contribution in [0.3, 0.4) is 0 Å². The zero-order chi connectivity index (χ0) is 16.5. The summed E-state index contributed by atoms with van der Waals surface area (Å²) in [6, 6.07) is 1.47. The average molecular weight is 315 g/mol. The minimum absolute atomic E-state index is 0.309. The van der Waals surface area contributed by atoms with Gasteiger partial charge in [-0.05, 0) is 18.1 Å². The first-order valence-corrected chi connectivity index (χ1v) is 6.83. The molecule has 1 aromatic heterocycles. The number of rotatable bonds is 3. The molecule has 2 atom stereocenters. The van der Waals surface area contributed by atoms with Crippen LogP contribution in [-0.2, 0) is 11.2 Å². The van der Waals surface area contributed by atoms with E-state index in [1.165, 1.54) is 18.5 Å². The van der Waals surface area contributed by atoms with E-state index in [-0.39, 0.29) is 6.54 Å². The Morgan fingerprint density at radius 1 is 1.41 bits per heavy atom. The smallest absolute Gasteiger partial charge is 0.369 e. The monoisotopic (exact) mass is 315 g/mol. The van der Waals surface area contributed by atoms with Gasteiger partial charge in [0.05, 0.1) is 11.8 Å². The Balaban J connectivity index is 2.27. The Hall–Kier alpha value is -2.12. The molecule has 0 unspecified atom stereocenters. The quantitative estimate of drug-likeness (QED) is 0.915. The van der Waals surface area contributed by atoms with Crippen molar-refractivity contribution in [1.82, 2.24) is 9.88 Å². The van der Waals surface area contributed by atoms with E-state index < -0.39 is 36.4 Å². The van der Waals surface area contributed by atoms with Gasteiger partial charge in [0.2, 0.25) is 5.91 Å². The van der Waals surface area contributed by atoms with Gasteiger partial charge in [-0.3, -0.25) is 14.6 Å². The third-order valence-corrected chi connectivity index (χ3v) is 3.91. The van der Waals surface area contributed by atoms with Crippen molar-refractivity contribution < 1.29 is 22.8 Å². The van der Waals surface area contributed by atoms with Crippen molar-refractivity contribution in [2.45, 2.75) is 19.5 Å². The topological polar surface area (TPSA) is 76.3 Å². The lowest BCUT2D eigenvalue weighted by molar-refractivity contribution is -0.182.